The van der Waals surface area contributed by atoms with Crippen molar-refractivity contribution in [3.63, 3.8) is 0 Å². The van der Waals surface area contributed by atoms with Gasteiger partial charge in [-0.1, -0.05) is 0 Å². The summed E-state index contributed by atoms with van der Waals surface area (Å²) in [7, 11) is 0. The Hall–Kier alpha value is -1.33. The average molecular weight is 289 g/mol. The average Bonchev–Trinajstić information content (AvgIpc) is 2.28. The molecule has 2 N–H and O–H groups in total. The van der Waals surface area contributed by atoms with Crippen LogP contribution >= 0.6 is 0 Å². The molecule has 5 nitrogen and oxygen atoms in total. The number of halogens is 1. The van der Waals surface area contributed by atoms with E-state index in [1.807, 2.05) is 0 Å². The summed E-state index contributed by atoms with van der Waals surface area (Å²) in [5, 5.41) is 11.5. The number of rotatable bonds is 4. The van der Waals surface area contributed by atoms with Crippen LogP contribution < -0.4 is 5.32 Å². The quantitative estimate of drug-likeness (QED) is 0.834. The molecule has 0 aliphatic heterocycles. The number of hydrogen-bond donors (Lipinski definition) is 2. The van der Waals surface area contributed by atoms with Gasteiger partial charge in [0, 0.05) is 0 Å². The molecular formula is C14H24FNO4. The number of carbonyl (C=O) groups excluding carboxylic acids is 1. The van der Waals surface area contributed by atoms with Gasteiger partial charge in [-0.2, -0.15) is 0 Å². The summed E-state index contributed by atoms with van der Waals surface area (Å²) in [5.41, 5.74) is -0.667. The number of ether oxygens (including phenoxy) is 1. The predicted octanol–water partition coefficient (Wildman–Crippen LogP) is 2.88. The number of nitrogens with one attached hydrogen (secondary N) is 1. The van der Waals surface area contributed by atoms with Crippen molar-refractivity contribution in [3.8, 4) is 0 Å². The third kappa shape index (κ3) is 6.21. The zero-order valence-corrected chi connectivity index (χ0v) is 12.3. The Kier molecular flexibility index (Phi) is 5.77. The van der Waals surface area contributed by atoms with Crippen molar-refractivity contribution in [1.82, 2.24) is 5.32 Å². The highest BCUT2D eigenvalue weighted by molar-refractivity contribution is 5.80. The molecule has 0 bridgehead atoms. The number of carboxylic acid groups (broad SMARTS) is 1. The monoisotopic (exact) mass is 289 g/mol. The Morgan fingerprint density at radius 1 is 1.30 bits per heavy atom. The molecule has 20 heavy (non-hydrogen) atoms. The number of alkyl halides is 1. The van der Waals surface area contributed by atoms with Gasteiger partial charge in [0.25, 0.3) is 0 Å². The molecule has 1 amide bonds. The topological polar surface area (TPSA) is 75.6 Å². The van der Waals surface area contributed by atoms with Crippen molar-refractivity contribution in [2.24, 2.45) is 5.92 Å². The molecule has 1 saturated carbocycles. The molecule has 1 rings (SSSR count). The van der Waals surface area contributed by atoms with E-state index in [0.29, 0.717) is 32.1 Å². The summed E-state index contributed by atoms with van der Waals surface area (Å²) in [5.74, 6) is -0.948. The third-order valence-electron chi connectivity index (χ3n) is 3.33. The van der Waals surface area contributed by atoms with Crippen LogP contribution in [0.5, 0.6) is 0 Å². The summed E-state index contributed by atoms with van der Waals surface area (Å²) in [6.07, 6.45) is 1.10. The molecular weight excluding hydrogens is 265 g/mol. The first-order valence-electron chi connectivity index (χ1n) is 7.04. The molecule has 1 fully saturated rings. The van der Waals surface area contributed by atoms with Crippen LogP contribution in [0.2, 0.25) is 0 Å². The SMILES string of the molecule is CC(C)(C)OC(=O)NC(CC1CCC(F)CC1)C(=O)O. The van der Waals surface area contributed by atoms with Crippen LogP contribution in [0.15, 0.2) is 0 Å². The predicted molar refractivity (Wildman–Crippen MR) is 72.3 cm³/mol. The molecule has 6 heteroatoms. The Morgan fingerprint density at radius 3 is 2.30 bits per heavy atom. The zero-order chi connectivity index (χ0) is 15.3. The van der Waals surface area contributed by atoms with Gasteiger partial charge in [-0.25, -0.2) is 14.0 Å². The van der Waals surface area contributed by atoms with Crippen molar-refractivity contribution in [2.75, 3.05) is 0 Å². The first-order chi connectivity index (χ1) is 9.17. The maximum absolute atomic E-state index is 13.0. The molecule has 0 aromatic rings. The Bertz CT molecular complexity index is 346. The maximum Gasteiger partial charge on any atom is 0.408 e. The van der Waals surface area contributed by atoms with Gasteiger partial charge in [0.05, 0.1) is 0 Å². The van der Waals surface area contributed by atoms with Gasteiger partial charge in [-0.05, 0) is 58.8 Å². The molecule has 0 saturated heterocycles. The van der Waals surface area contributed by atoms with Gasteiger partial charge in [0.1, 0.15) is 17.8 Å². The largest absolute Gasteiger partial charge is 0.480 e. The van der Waals surface area contributed by atoms with Crippen LogP contribution in [0.1, 0.15) is 52.9 Å². The maximum atomic E-state index is 13.0. The van der Waals surface area contributed by atoms with Gasteiger partial charge >= 0.3 is 12.1 Å². The second kappa shape index (κ2) is 6.90. The number of aliphatic carboxylic acids is 1. The highest BCUT2D eigenvalue weighted by Crippen LogP contribution is 2.29. The van der Waals surface area contributed by atoms with Crippen LogP contribution in [-0.2, 0) is 9.53 Å². The van der Waals surface area contributed by atoms with Crippen molar-refractivity contribution in [2.45, 2.75) is 70.7 Å². The van der Waals surface area contributed by atoms with E-state index in [4.69, 9.17) is 9.84 Å². The molecule has 0 aromatic carbocycles. The van der Waals surface area contributed by atoms with Crippen LogP contribution in [0.25, 0.3) is 0 Å². The lowest BCUT2D eigenvalue weighted by Gasteiger charge is -2.27. The van der Waals surface area contributed by atoms with E-state index >= 15 is 0 Å². The van der Waals surface area contributed by atoms with Gasteiger partial charge in [0.2, 0.25) is 0 Å². The lowest BCUT2D eigenvalue weighted by Crippen LogP contribution is -2.44. The zero-order valence-electron chi connectivity index (χ0n) is 12.3. The van der Waals surface area contributed by atoms with E-state index in [9.17, 15) is 14.0 Å². The molecule has 1 aliphatic carbocycles. The molecule has 1 unspecified atom stereocenters. The number of carboxylic acids is 1. The van der Waals surface area contributed by atoms with Crippen LogP contribution in [-0.4, -0.2) is 35.0 Å². The summed E-state index contributed by atoms with van der Waals surface area (Å²) < 4.78 is 18.1. The standard InChI is InChI=1S/C14H24FNO4/c1-14(2,3)20-13(19)16-11(12(17)18)8-9-4-6-10(15)7-5-9/h9-11H,4-8H2,1-3H3,(H,16,19)(H,17,18). The first kappa shape index (κ1) is 16.7. The smallest absolute Gasteiger partial charge is 0.408 e. The number of carbonyl (C=O) groups is 2. The molecule has 0 aromatic heterocycles. The second-order valence-corrected chi connectivity index (χ2v) is 6.39. The Balaban J connectivity index is 2.48. The first-order valence-corrected chi connectivity index (χ1v) is 7.04. The van der Waals surface area contributed by atoms with Crippen LogP contribution in [0.4, 0.5) is 9.18 Å². The minimum atomic E-state index is -1.08. The number of hydrogen-bond acceptors (Lipinski definition) is 3. The highest BCUT2D eigenvalue weighted by Gasteiger charge is 2.29. The van der Waals surface area contributed by atoms with Gasteiger partial charge < -0.3 is 15.2 Å². The van der Waals surface area contributed by atoms with E-state index in [1.54, 1.807) is 20.8 Å². The molecule has 0 spiro atoms. The minimum Gasteiger partial charge on any atom is -0.480 e. The van der Waals surface area contributed by atoms with Crippen molar-refractivity contribution >= 4 is 12.1 Å². The fraction of sp³-hybridized carbons (Fsp3) is 0.857. The van der Waals surface area contributed by atoms with Crippen molar-refractivity contribution in [3.05, 3.63) is 0 Å². The summed E-state index contributed by atoms with van der Waals surface area (Å²) in [4.78, 5) is 22.8. The summed E-state index contributed by atoms with van der Waals surface area (Å²) in [6, 6.07) is -0.981. The van der Waals surface area contributed by atoms with Gasteiger partial charge in [-0.3, -0.25) is 0 Å². The fourth-order valence-electron chi connectivity index (χ4n) is 2.36. The molecule has 0 heterocycles. The van der Waals surface area contributed by atoms with E-state index in [-0.39, 0.29) is 5.92 Å². The molecule has 1 atom stereocenters. The third-order valence-corrected chi connectivity index (χ3v) is 3.33. The number of amides is 1. The van der Waals surface area contributed by atoms with E-state index in [1.165, 1.54) is 0 Å². The van der Waals surface area contributed by atoms with E-state index in [0.717, 1.165) is 0 Å². The van der Waals surface area contributed by atoms with Crippen LogP contribution in [0.3, 0.4) is 0 Å². The Morgan fingerprint density at radius 2 is 1.85 bits per heavy atom. The Labute approximate surface area is 118 Å². The summed E-state index contributed by atoms with van der Waals surface area (Å²) in [6.45, 7) is 5.14. The molecule has 116 valence electrons. The van der Waals surface area contributed by atoms with E-state index in [2.05, 4.69) is 5.32 Å². The van der Waals surface area contributed by atoms with E-state index < -0.39 is 29.9 Å². The van der Waals surface area contributed by atoms with Gasteiger partial charge in [-0.15, -0.1) is 0 Å². The normalized spacial score (nSPS) is 24.8. The highest BCUT2D eigenvalue weighted by atomic mass is 19.1. The van der Waals surface area contributed by atoms with Crippen molar-refractivity contribution in [1.29, 1.82) is 0 Å². The van der Waals surface area contributed by atoms with Crippen LogP contribution in [0, 0.1) is 5.92 Å². The lowest BCUT2D eigenvalue weighted by atomic mass is 9.84. The molecule has 0 radical (unpaired) electrons. The molecule has 1 aliphatic rings. The second-order valence-electron chi connectivity index (χ2n) is 6.39. The lowest BCUT2D eigenvalue weighted by molar-refractivity contribution is -0.140. The summed E-state index contributed by atoms with van der Waals surface area (Å²) >= 11 is 0. The fourth-order valence-corrected chi connectivity index (χ4v) is 2.36. The number of alkyl carbamates (subject to hydrolysis) is 1. The van der Waals surface area contributed by atoms with Crippen molar-refractivity contribution < 1.29 is 23.8 Å². The minimum absolute atomic E-state index is 0.137. The van der Waals surface area contributed by atoms with Gasteiger partial charge in [0.15, 0.2) is 0 Å².